The summed E-state index contributed by atoms with van der Waals surface area (Å²) >= 11 is 0. The van der Waals surface area contributed by atoms with Crippen LogP contribution in [0.5, 0.6) is 0 Å². The molecule has 3 aliphatic rings. The molecule has 0 bridgehead atoms. The highest BCUT2D eigenvalue weighted by atomic mass is 19.1. The third-order valence-corrected chi connectivity index (χ3v) is 5.79. The quantitative estimate of drug-likeness (QED) is 0.686. The number of nitrogens with one attached hydrogen (secondary N) is 2. The van der Waals surface area contributed by atoms with E-state index in [2.05, 4.69) is 25.7 Å². The van der Waals surface area contributed by atoms with Gasteiger partial charge in [0.15, 0.2) is 0 Å². The number of hydrazone groups is 1. The number of nitrogens with zero attached hydrogens (tertiary/aromatic N) is 5. The van der Waals surface area contributed by atoms with Crippen LogP contribution in [-0.2, 0) is 9.59 Å². The highest BCUT2D eigenvalue weighted by molar-refractivity contribution is 6.39. The molecule has 170 valence electrons. The number of pyridine rings is 2. The van der Waals surface area contributed by atoms with E-state index in [1.807, 2.05) is 0 Å². The molecular weight excluding hydrogens is 429 g/mol. The van der Waals surface area contributed by atoms with Gasteiger partial charge in [0, 0.05) is 18.7 Å². The zero-order chi connectivity index (χ0) is 23.1. The van der Waals surface area contributed by atoms with Crippen molar-refractivity contribution in [2.45, 2.75) is 32.4 Å². The lowest BCUT2D eigenvalue weighted by Crippen LogP contribution is -2.54. The van der Waals surface area contributed by atoms with Crippen molar-refractivity contribution in [1.29, 1.82) is 0 Å². The van der Waals surface area contributed by atoms with Crippen molar-refractivity contribution < 1.29 is 18.8 Å². The average Bonchev–Trinajstić information content (AvgIpc) is 3.52. The van der Waals surface area contributed by atoms with Gasteiger partial charge in [-0.15, -0.1) is 0 Å². The molecular formula is C22H22FN7O3. The van der Waals surface area contributed by atoms with E-state index >= 15 is 0 Å². The van der Waals surface area contributed by atoms with E-state index in [9.17, 15) is 18.8 Å². The second-order valence-electron chi connectivity index (χ2n) is 8.40. The predicted molar refractivity (Wildman–Crippen MR) is 117 cm³/mol. The molecule has 1 aliphatic carbocycles. The van der Waals surface area contributed by atoms with Crippen molar-refractivity contribution >= 4 is 35.1 Å². The van der Waals surface area contributed by atoms with Crippen LogP contribution in [-0.4, -0.2) is 57.7 Å². The third-order valence-electron chi connectivity index (χ3n) is 5.79. The van der Waals surface area contributed by atoms with E-state index in [4.69, 9.17) is 0 Å². The summed E-state index contributed by atoms with van der Waals surface area (Å²) in [6.07, 6.45) is 2.72. The molecule has 0 spiro atoms. The molecule has 1 atom stereocenters. The van der Waals surface area contributed by atoms with Crippen molar-refractivity contribution in [3.63, 3.8) is 0 Å². The Bertz CT molecular complexity index is 1160. The summed E-state index contributed by atoms with van der Waals surface area (Å²) in [6, 6.07) is 5.90. The first kappa shape index (κ1) is 21.0. The van der Waals surface area contributed by atoms with E-state index in [0.717, 1.165) is 19.0 Å². The standard InChI is InChI=1S/C22H22FN7O3/c1-12-2-6-15-20(26-12)29(11-18(31)27-17-7-5-14(23)10-24-17)19-8-16(28-30(19)22(15)33)21(32)25-9-13-3-4-13/h2,5-7,10,13,19H,3-4,8-9,11H2,1H3,(H,25,32)(H,24,27,31). The maximum Gasteiger partial charge on any atom is 0.279 e. The van der Waals surface area contributed by atoms with Crippen LogP contribution in [0, 0.1) is 18.7 Å². The Kier molecular flexibility index (Phi) is 5.23. The number of hydrogen-bond donors (Lipinski definition) is 2. The van der Waals surface area contributed by atoms with Crippen LogP contribution in [0.25, 0.3) is 0 Å². The summed E-state index contributed by atoms with van der Waals surface area (Å²) in [5, 5.41) is 11.0. The Morgan fingerprint density at radius 3 is 2.76 bits per heavy atom. The molecule has 2 aromatic rings. The van der Waals surface area contributed by atoms with E-state index in [1.54, 1.807) is 24.0 Å². The second kappa shape index (κ2) is 8.23. The van der Waals surface area contributed by atoms with Gasteiger partial charge < -0.3 is 15.5 Å². The van der Waals surface area contributed by atoms with E-state index in [-0.39, 0.29) is 36.3 Å². The van der Waals surface area contributed by atoms with Crippen molar-refractivity contribution in [3.8, 4) is 0 Å². The number of aryl methyl sites for hydroxylation is 1. The lowest BCUT2D eigenvalue weighted by atomic mass is 10.1. The van der Waals surface area contributed by atoms with Crippen LogP contribution < -0.4 is 15.5 Å². The largest absolute Gasteiger partial charge is 0.351 e. The summed E-state index contributed by atoms with van der Waals surface area (Å²) in [4.78, 5) is 48.5. The van der Waals surface area contributed by atoms with Gasteiger partial charge in [0.2, 0.25) is 5.91 Å². The SMILES string of the molecule is Cc1ccc2c(n1)N(CC(=O)Nc1ccc(F)cn1)C1CC(C(=O)NCC3CC3)=NN1C2=O. The zero-order valence-electron chi connectivity index (χ0n) is 17.9. The smallest absolute Gasteiger partial charge is 0.279 e. The first-order valence-electron chi connectivity index (χ1n) is 10.7. The maximum absolute atomic E-state index is 13.1. The molecule has 1 fully saturated rings. The van der Waals surface area contributed by atoms with Gasteiger partial charge >= 0.3 is 0 Å². The average molecular weight is 451 g/mol. The van der Waals surface area contributed by atoms with Crippen molar-refractivity contribution in [3.05, 3.63) is 47.5 Å². The molecule has 1 unspecified atom stereocenters. The minimum Gasteiger partial charge on any atom is -0.351 e. The Labute approximate surface area is 188 Å². The minimum absolute atomic E-state index is 0.163. The minimum atomic E-state index is -0.659. The lowest BCUT2D eigenvalue weighted by molar-refractivity contribution is -0.115. The van der Waals surface area contributed by atoms with Crippen molar-refractivity contribution in [2.75, 3.05) is 23.3 Å². The number of halogens is 1. The summed E-state index contributed by atoms with van der Waals surface area (Å²) in [5.74, 6) is -0.546. The number of hydrogen-bond acceptors (Lipinski definition) is 7. The number of fused-ring (bicyclic) bond motifs is 2. The van der Waals surface area contributed by atoms with Gasteiger partial charge in [-0.3, -0.25) is 14.4 Å². The van der Waals surface area contributed by atoms with Gasteiger partial charge in [0.1, 0.15) is 35.9 Å². The molecule has 2 N–H and O–H groups in total. The van der Waals surface area contributed by atoms with E-state index < -0.39 is 17.9 Å². The van der Waals surface area contributed by atoms with E-state index in [1.165, 1.54) is 17.1 Å². The highest BCUT2D eigenvalue weighted by Gasteiger charge is 2.45. The summed E-state index contributed by atoms with van der Waals surface area (Å²) in [6.45, 7) is 2.22. The molecule has 2 aliphatic heterocycles. The van der Waals surface area contributed by atoms with Gasteiger partial charge in [-0.1, -0.05) is 0 Å². The van der Waals surface area contributed by atoms with Crippen LogP contribution in [0.1, 0.15) is 35.3 Å². The molecule has 11 heteroatoms. The lowest BCUT2D eigenvalue weighted by Gasteiger charge is -2.38. The Morgan fingerprint density at radius 2 is 2.03 bits per heavy atom. The van der Waals surface area contributed by atoms with Crippen molar-refractivity contribution in [2.24, 2.45) is 11.0 Å². The van der Waals surface area contributed by atoms with Gasteiger partial charge in [-0.25, -0.2) is 19.4 Å². The fourth-order valence-corrected chi connectivity index (χ4v) is 3.88. The van der Waals surface area contributed by atoms with Crippen molar-refractivity contribution in [1.82, 2.24) is 20.3 Å². The number of rotatable bonds is 6. The summed E-state index contributed by atoms with van der Waals surface area (Å²) in [7, 11) is 0. The topological polar surface area (TPSA) is 120 Å². The maximum atomic E-state index is 13.1. The Hall–Kier alpha value is -3.89. The molecule has 33 heavy (non-hydrogen) atoms. The summed E-state index contributed by atoms with van der Waals surface area (Å²) in [5.41, 5.74) is 1.22. The molecule has 3 amide bonds. The van der Waals surface area contributed by atoms with Crippen LogP contribution >= 0.6 is 0 Å². The number of aromatic nitrogens is 2. The normalized spacial score (nSPS) is 19.0. The summed E-state index contributed by atoms with van der Waals surface area (Å²) < 4.78 is 13.1. The van der Waals surface area contributed by atoms with E-state index in [0.29, 0.717) is 29.5 Å². The fraction of sp³-hybridized carbons (Fsp3) is 0.364. The molecule has 2 aromatic heterocycles. The first-order valence-corrected chi connectivity index (χ1v) is 10.7. The molecule has 0 aromatic carbocycles. The second-order valence-corrected chi connectivity index (χ2v) is 8.40. The van der Waals surface area contributed by atoms with Gasteiger partial charge in [0.25, 0.3) is 11.8 Å². The van der Waals surface area contributed by atoms with Crippen LogP contribution in [0.4, 0.5) is 16.0 Å². The van der Waals surface area contributed by atoms with Gasteiger partial charge in [-0.05, 0) is 49.9 Å². The Morgan fingerprint density at radius 1 is 1.21 bits per heavy atom. The van der Waals surface area contributed by atoms with Crippen LogP contribution in [0.2, 0.25) is 0 Å². The number of amides is 3. The number of carbonyl (C=O) groups excluding carboxylic acids is 3. The molecule has 4 heterocycles. The fourth-order valence-electron chi connectivity index (χ4n) is 3.88. The van der Waals surface area contributed by atoms with Gasteiger partial charge in [0.05, 0.1) is 11.8 Å². The molecule has 10 nitrogen and oxygen atoms in total. The number of anilines is 2. The van der Waals surface area contributed by atoms with Crippen LogP contribution in [0.3, 0.4) is 0 Å². The molecule has 0 saturated heterocycles. The van der Waals surface area contributed by atoms with Gasteiger partial charge in [-0.2, -0.15) is 5.10 Å². The highest BCUT2D eigenvalue weighted by Crippen LogP contribution is 2.34. The molecule has 5 rings (SSSR count). The molecule has 1 saturated carbocycles. The Balaban J connectivity index is 1.39. The molecule has 0 radical (unpaired) electrons. The van der Waals surface area contributed by atoms with Crippen LogP contribution in [0.15, 0.2) is 35.6 Å². The number of carbonyl (C=O) groups is 3. The monoisotopic (exact) mass is 451 g/mol. The first-order chi connectivity index (χ1) is 15.9. The predicted octanol–water partition coefficient (Wildman–Crippen LogP) is 1.44. The third kappa shape index (κ3) is 4.26. The zero-order valence-corrected chi connectivity index (χ0v) is 17.9.